The lowest BCUT2D eigenvalue weighted by molar-refractivity contribution is 0.501. The largest absolute Gasteiger partial charge is 0.440 e. The van der Waals surface area contributed by atoms with Gasteiger partial charge < -0.3 is 15.5 Å². The summed E-state index contributed by atoms with van der Waals surface area (Å²) in [6.45, 7) is 4.83. The summed E-state index contributed by atoms with van der Waals surface area (Å²) in [7, 11) is 0. The number of anilines is 2. The van der Waals surface area contributed by atoms with E-state index in [0.717, 1.165) is 33.9 Å². The standard InChI is InChI=1S/C17H19N3O/c1-11(2)17-20-15-9-13(7-8-16(15)21-17)19-10-12-5-3-4-6-14(12)18/h3-9,11,19H,10,18H2,1-2H3. The van der Waals surface area contributed by atoms with E-state index < -0.39 is 0 Å². The summed E-state index contributed by atoms with van der Waals surface area (Å²) in [5.41, 5.74) is 10.5. The maximum absolute atomic E-state index is 5.94. The molecule has 21 heavy (non-hydrogen) atoms. The first-order valence-corrected chi connectivity index (χ1v) is 7.11. The summed E-state index contributed by atoms with van der Waals surface area (Å²) in [5, 5.41) is 3.37. The summed E-state index contributed by atoms with van der Waals surface area (Å²) < 4.78 is 5.71. The van der Waals surface area contributed by atoms with Crippen molar-refractivity contribution in [1.29, 1.82) is 0 Å². The van der Waals surface area contributed by atoms with Crippen LogP contribution < -0.4 is 11.1 Å². The van der Waals surface area contributed by atoms with Crippen molar-refractivity contribution in [3.63, 3.8) is 0 Å². The van der Waals surface area contributed by atoms with Gasteiger partial charge in [0.25, 0.3) is 0 Å². The molecule has 0 saturated heterocycles. The predicted octanol–water partition coefficient (Wildman–Crippen LogP) is 4.15. The summed E-state index contributed by atoms with van der Waals surface area (Å²) in [6, 6.07) is 13.8. The number of nitrogen functional groups attached to an aromatic ring is 1. The summed E-state index contributed by atoms with van der Waals surface area (Å²) in [6.07, 6.45) is 0. The van der Waals surface area contributed by atoms with Gasteiger partial charge in [-0.3, -0.25) is 0 Å². The van der Waals surface area contributed by atoms with Crippen molar-refractivity contribution in [3.8, 4) is 0 Å². The molecule has 0 fully saturated rings. The van der Waals surface area contributed by atoms with Crippen LogP contribution in [-0.4, -0.2) is 4.98 Å². The van der Waals surface area contributed by atoms with Crippen LogP contribution in [0.2, 0.25) is 0 Å². The van der Waals surface area contributed by atoms with Crippen molar-refractivity contribution >= 4 is 22.5 Å². The van der Waals surface area contributed by atoms with Crippen molar-refractivity contribution in [2.45, 2.75) is 26.3 Å². The van der Waals surface area contributed by atoms with E-state index in [9.17, 15) is 0 Å². The van der Waals surface area contributed by atoms with E-state index in [1.54, 1.807) is 0 Å². The highest BCUT2D eigenvalue weighted by Gasteiger charge is 2.09. The topological polar surface area (TPSA) is 64.1 Å². The number of para-hydroxylation sites is 1. The van der Waals surface area contributed by atoms with Crippen LogP contribution in [0, 0.1) is 0 Å². The van der Waals surface area contributed by atoms with Gasteiger partial charge in [-0.05, 0) is 29.8 Å². The first-order valence-electron chi connectivity index (χ1n) is 7.11. The number of hydrogen-bond donors (Lipinski definition) is 2. The average Bonchev–Trinajstić information content (AvgIpc) is 2.90. The van der Waals surface area contributed by atoms with Crippen molar-refractivity contribution in [2.24, 2.45) is 0 Å². The normalized spacial score (nSPS) is 11.2. The van der Waals surface area contributed by atoms with Gasteiger partial charge in [0.05, 0.1) is 0 Å². The maximum atomic E-state index is 5.94. The minimum absolute atomic E-state index is 0.290. The second-order valence-electron chi connectivity index (χ2n) is 5.44. The quantitative estimate of drug-likeness (QED) is 0.705. The zero-order chi connectivity index (χ0) is 14.8. The maximum Gasteiger partial charge on any atom is 0.198 e. The molecule has 1 heterocycles. The Balaban J connectivity index is 1.80. The van der Waals surface area contributed by atoms with Crippen molar-refractivity contribution in [2.75, 3.05) is 11.1 Å². The van der Waals surface area contributed by atoms with Gasteiger partial charge in [0.2, 0.25) is 0 Å². The summed E-state index contributed by atoms with van der Waals surface area (Å²) >= 11 is 0. The molecule has 108 valence electrons. The third-order valence-corrected chi connectivity index (χ3v) is 3.44. The summed E-state index contributed by atoms with van der Waals surface area (Å²) in [5.74, 6) is 1.06. The van der Waals surface area contributed by atoms with Crippen molar-refractivity contribution in [3.05, 3.63) is 53.9 Å². The number of nitrogens with two attached hydrogens (primary N) is 1. The number of nitrogens with one attached hydrogen (secondary N) is 1. The third-order valence-electron chi connectivity index (χ3n) is 3.44. The van der Waals surface area contributed by atoms with Crippen LogP contribution in [0.5, 0.6) is 0 Å². The molecular formula is C17H19N3O. The molecule has 0 unspecified atom stereocenters. The van der Waals surface area contributed by atoms with E-state index in [4.69, 9.17) is 10.2 Å². The molecule has 1 aromatic heterocycles. The minimum atomic E-state index is 0.290. The highest BCUT2D eigenvalue weighted by atomic mass is 16.3. The van der Waals surface area contributed by atoms with E-state index in [2.05, 4.69) is 24.1 Å². The SMILES string of the molecule is CC(C)c1nc2cc(NCc3ccccc3N)ccc2o1. The Morgan fingerprint density at radius 2 is 2.00 bits per heavy atom. The molecule has 3 aromatic rings. The second-order valence-corrected chi connectivity index (χ2v) is 5.44. The van der Waals surface area contributed by atoms with Crippen LogP contribution in [0.15, 0.2) is 46.9 Å². The average molecular weight is 281 g/mol. The predicted molar refractivity (Wildman–Crippen MR) is 86.3 cm³/mol. The molecule has 0 radical (unpaired) electrons. The molecule has 0 aliphatic carbocycles. The Labute approximate surface area is 124 Å². The van der Waals surface area contributed by atoms with E-state index >= 15 is 0 Å². The number of fused-ring (bicyclic) bond motifs is 1. The fourth-order valence-electron chi connectivity index (χ4n) is 2.19. The molecule has 0 saturated carbocycles. The number of aromatic nitrogens is 1. The van der Waals surface area contributed by atoms with E-state index in [0.29, 0.717) is 6.54 Å². The molecule has 0 amide bonds. The number of benzene rings is 2. The number of hydrogen-bond acceptors (Lipinski definition) is 4. The van der Waals surface area contributed by atoms with Gasteiger partial charge in [0.15, 0.2) is 11.5 Å². The van der Waals surface area contributed by atoms with Gasteiger partial charge in [0.1, 0.15) is 5.52 Å². The van der Waals surface area contributed by atoms with Crippen LogP contribution in [0.3, 0.4) is 0 Å². The van der Waals surface area contributed by atoms with Gasteiger partial charge in [-0.2, -0.15) is 0 Å². The van der Waals surface area contributed by atoms with E-state index in [1.807, 2.05) is 42.5 Å². The van der Waals surface area contributed by atoms with Crippen LogP contribution in [-0.2, 0) is 6.54 Å². The smallest absolute Gasteiger partial charge is 0.198 e. The fourth-order valence-corrected chi connectivity index (χ4v) is 2.19. The highest BCUT2D eigenvalue weighted by Crippen LogP contribution is 2.24. The molecule has 2 aromatic carbocycles. The molecule has 0 atom stereocenters. The van der Waals surface area contributed by atoms with Gasteiger partial charge in [0, 0.05) is 23.8 Å². The molecule has 0 bridgehead atoms. The molecule has 0 spiro atoms. The molecular weight excluding hydrogens is 262 g/mol. The van der Waals surface area contributed by atoms with Gasteiger partial charge in [-0.1, -0.05) is 32.0 Å². The van der Waals surface area contributed by atoms with E-state index in [1.165, 1.54) is 0 Å². The van der Waals surface area contributed by atoms with Gasteiger partial charge in [-0.15, -0.1) is 0 Å². The van der Waals surface area contributed by atoms with Crippen molar-refractivity contribution < 1.29 is 4.42 Å². The zero-order valence-electron chi connectivity index (χ0n) is 12.3. The highest BCUT2D eigenvalue weighted by molar-refractivity contribution is 5.77. The fraction of sp³-hybridized carbons (Fsp3) is 0.235. The Kier molecular flexibility index (Phi) is 3.52. The number of rotatable bonds is 4. The van der Waals surface area contributed by atoms with Crippen molar-refractivity contribution in [1.82, 2.24) is 4.98 Å². The first-order chi connectivity index (χ1) is 10.1. The lowest BCUT2D eigenvalue weighted by Gasteiger charge is -2.08. The van der Waals surface area contributed by atoms with Crippen LogP contribution in [0.1, 0.15) is 31.2 Å². The zero-order valence-corrected chi connectivity index (χ0v) is 12.3. The molecule has 4 nitrogen and oxygen atoms in total. The molecule has 4 heteroatoms. The van der Waals surface area contributed by atoms with Gasteiger partial charge in [-0.25, -0.2) is 4.98 Å². The molecule has 3 N–H and O–H groups in total. The Bertz CT molecular complexity index is 762. The number of oxazole rings is 1. The summed E-state index contributed by atoms with van der Waals surface area (Å²) in [4.78, 5) is 4.51. The van der Waals surface area contributed by atoms with Crippen LogP contribution in [0.25, 0.3) is 11.1 Å². The van der Waals surface area contributed by atoms with E-state index in [-0.39, 0.29) is 5.92 Å². The lowest BCUT2D eigenvalue weighted by atomic mass is 10.2. The Morgan fingerprint density at radius 3 is 2.76 bits per heavy atom. The molecule has 0 aliphatic rings. The Hall–Kier alpha value is -2.49. The van der Waals surface area contributed by atoms with Crippen LogP contribution in [0.4, 0.5) is 11.4 Å². The molecule has 3 rings (SSSR count). The first kappa shape index (κ1) is 13.5. The second kappa shape index (κ2) is 5.48. The third kappa shape index (κ3) is 2.84. The molecule has 0 aliphatic heterocycles. The monoisotopic (exact) mass is 281 g/mol. The number of nitrogens with zero attached hydrogens (tertiary/aromatic N) is 1. The van der Waals surface area contributed by atoms with Crippen LogP contribution >= 0.6 is 0 Å². The Morgan fingerprint density at radius 1 is 1.19 bits per heavy atom. The minimum Gasteiger partial charge on any atom is -0.440 e. The lowest BCUT2D eigenvalue weighted by Crippen LogP contribution is -2.02. The van der Waals surface area contributed by atoms with Gasteiger partial charge >= 0.3 is 0 Å².